The third-order valence-corrected chi connectivity index (χ3v) is 4.35. The molecule has 24 heavy (non-hydrogen) atoms. The van der Waals surface area contributed by atoms with Crippen molar-refractivity contribution < 1.29 is 14.2 Å². The molecule has 0 fully saturated rings. The molecule has 140 valence electrons. The minimum Gasteiger partial charge on any atom is -0.502 e. The van der Waals surface area contributed by atoms with E-state index < -0.39 is 0 Å². The van der Waals surface area contributed by atoms with Gasteiger partial charge in [-0.15, -0.1) is 0 Å². The van der Waals surface area contributed by atoms with Crippen molar-refractivity contribution in [3.8, 4) is 0 Å². The van der Waals surface area contributed by atoms with Crippen LogP contribution in [-0.4, -0.2) is 19.8 Å². The number of hydrogen-bond acceptors (Lipinski definition) is 3. The van der Waals surface area contributed by atoms with Gasteiger partial charge in [-0.25, -0.2) is 0 Å². The third-order valence-electron chi connectivity index (χ3n) is 4.35. The van der Waals surface area contributed by atoms with Crippen molar-refractivity contribution in [1.82, 2.24) is 0 Å². The summed E-state index contributed by atoms with van der Waals surface area (Å²) in [5, 5.41) is 0. The number of rotatable bonds is 19. The van der Waals surface area contributed by atoms with Crippen molar-refractivity contribution in [2.75, 3.05) is 19.8 Å². The van der Waals surface area contributed by atoms with Gasteiger partial charge < -0.3 is 14.2 Å². The Kier molecular flexibility index (Phi) is 16.9. The largest absolute Gasteiger partial charge is 0.502 e. The minimum absolute atomic E-state index is 0.542. The van der Waals surface area contributed by atoms with Gasteiger partial charge >= 0.3 is 0 Å². The van der Waals surface area contributed by atoms with Crippen LogP contribution < -0.4 is 0 Å². The van der Waals surface area contributed by atoms with Crippen LogP contribution >= 0.6 is 0 Å². The molecule has 0 aromatic carbocycles. The van der Waals surface area contributed by atoms with E-state index >= 15 is 0 Å². The van der Waals surface area contributed by atoms with E-state index in [9.17, 15) is 0 Å². The van der Waals surface area contributed by atoms with Crippen molar-refractivity contribution in [3.05, 3.63) is 38.5 Å². The van der Waals surface area contributed by atoms with Gasteiger partial charge in [0.15, 0.2) is 0 Å². The highest BCUT2D eigenvalue weighted by atomic mass is 16.5. The van der Waals surface area contributed by atoms with Gasteiger partial charge in [0.2, 0.25) is 0 Å². The second kappa shape index (κ2) is 18.0. The van der Waals surface area contributed by atoms with Crippen LogP contribution in [0, 0.1) is 11.8 Å². The third kappa shape index (κ3) is 15.5. The van der Waals surface area contributed by atoms with Crippen molar-refractivity contribution in [3.63, 3.8) is 0 Å². The molecule has 0 amide bonds. The molecule has 3 heteroatoms. The average molecular weight is 339 g/mol. The van der Waals surface area contributed by atoms with Gasteiger partial charge in [-0.05, 0) is 31.1 Å². The number of hydrogen-bond donors (Lipinski definition) is 0. The van der Waals surface area contributed by atoms with Gasteiger partial charge in [0, 0.05) is 0 Å². The number of unbranched alkanes of at least 4 members (excludes halogenated alkanes) is 3. The Balaban J connectivity index is 3.65. The molecule has 0 aromatic rings. The Morgan fingerprint density at radius 2 is 1.29 bits per heavy atom. The molecule has 0 aliphatic heterocycles. The van der Waals surface area contributed by atoms with Gasteiger partial charge in [-0.1, -0.05) is 65.2 Å². The van der Waals surface area contributed by atoms with E-state index in [-0.39, 0.29) is 0 Å². The standard InChI is InChI=1S/C21H38O3/c1-5-22-17-11-9-8-10-13-20(4)14-12-15-21(19-24-7-3)16-18-23-6-2/h5-7,20-21H,1-3,8-19H2,4H3. The first-order chi connectivity index (χ1) is 11.7. The lowest BCUT2D eigenvalue weighted by Gasteiger charge is -2.17. The van der Waals surface area contributed by atoms with Gasteiger partial charge in [-0.3, -0.25) is 0 Å². The van der Waals surface area contributed by atoms with Gasteiger partial charge in [0.1, 0.15) is 0 Å². The Morgan fingerprint density at radius 1 is 0.667 bits per heavy atom. The van der Waals surface area contributed by atoms with Crippen molar-refractivity contribution in [2.45, 2.75) is 64.7 Å². The zero-order valence-electron chi connectivity index (χ0n) is 15.7. The Labute approximate surface area is 149 Å². The highest BCUT2D eigenvalue weighted by Crippen LogP contribution is 2.20. The predicted molar refractivity (Wildman–Crippen MR) is 103 cm³/mol. The summed E-state index contributed by atoms with van der Waals surface area (Å²) < 4.78 is 15.7. The van der Waals surface area contributed by atoms with E-state index in [1.807, 2.05) is 0 Å². The van der Waals surface area contributed by atoms with Crippen LogP contribution in [0.4, 0.5) is 0 Å². The smallest absolute Gasteiger partial charge is 0.0902 e. The van der Waals surface area contributed by atoms with E-state index in [0.29, 0.717) is 5.92 Å². The molecule has 0 aromatic heterocycles. The van der Waals surface area contributed by atoms with E-state index in [4.69, 9.17) is 14.2 Å². The Hall–Kier alpha value is -1.38. The molecular formula is C21H38O3. The second-order valence-corrected chi connectivity index (χ2v) is 6.47. The summed E-state index contributed by atoms with van der Waals surface area (Å²) in [6.07, 6.45) is 15.7. The lowest BCUT2D eigenvalue weighted by atomic mass is 9.93. The normalized spacial score (nSPS) is 12.9. The Morgan fingerprint density at radius 3 is 2.00 bits per heavy atom. The van der Waals surface area contributed by atoms with E-state index in [2.05, 4.69) is 26.7 Å². The predicted octanol–water partition coefficient (Wildman–Crippen LogP) is 6.23. The maximum Gasteiger partial charge on any atom is 0.0902 e. The van der Waals surface area contributed by atoms with Crippen LogP contribution in [0.25, 0.3) is 0 Å². The molecule has 0 rings (SSSR count). The molecule has 0 aliphatic rings. The lowest BCUT2D eigenvalue weighted by Crippen LogP contribution is -2.11. The summed E-state index contributed by atoms with van der Waals surface area (Å²) in [5.74, 6) is 1.35. The number of ether oxygens (including phenoxy) is 3. The van der Waals surface area contributed by atoms with Gasteiger partial charge in [0.25, 0.3) is 0 Å². The molecule has 0 saturated heterocycles. The van der Waals surface area contributed by atoms with Crippen molar-refractivity contribution in [1.29, 1.82) is 0 Å². The maximum atomic E-state index is 5.37. The zero-order chi connectivity index (χ0) is 17.9. The van der Waals surface area contributed by atoms with Crippen LogP contribution in [0.15, 0.2) is 38.5 Å². The van der Waals surface area contributed by atoms with E-state index in [1.54, 1.807) is 0 Å². The van der Waals surface area contributed by atoms with Crippen molar-refractivity contribution in [2.24, 2.45) is 11.8 Å². The quantitative estimate of drug-likeness (QED) is 0.206. The fourth-order valence-electron chi connectivity index (χ4n) is 2.85. The van der Waals surface area contributed by atoms with Crippen LogP contribution in [0.1, 0.15) is 64.7 Å². The molecule has 2 unspecified atom stereocenters. The summed E-state index contributed by atoms with van der Waals surface area (Å²) in [5.41, 5.74) is 0. The summed E-state index contributed by atoms with van der Waals surface area (Å²) in [6.45, 7) is 15.4. The SMILES string of the molecule is C=COCCCCCCC(C)CCCC(CCOC=C)COC=C. The van der Waals surface area contributed by atoms with Gasteiger partial charge in [0.05, 0.1) is 38.6 Å². The van der Waals surface area contributed by atoms with Crippen LogP contribution in [0.5, 0.6) is 0 Å². The molecule has 0 radical (unpaired) electrons. The highest BCUT2D eigenvalue weighted by Gasteiger charge is 2.10. The summed E-state index contributed by atoms with van der Waals surface area (Å²) >= 11 is 0. The molecule has 0 spiro atoms. The first-order valence-electron chi connectivity index (χ1n) is 9.42. The monoisotopic (exact) mass is 338 g/mol. The molecule has 0 bridgehead atoms. The maximum absolute atomic E-state index is 5.37. The fraction of sp³-hybridized carbons (Fsp3) is 0.714. The van der Waals surface area contributed by atoms with Gasteiger partial charge in [-0.2, -0.15) is 0 Å². The molecule has 0 aliphatic carbocycles. The van der Waals surface area contributed by atoms with E-state index in [0.717, 1.165) is 38.6 Å². The van der Waals surface area contributed by atoms with Crippen LogP contribution in [0.2, 0.25) is 0 Å². The first-order valence-corrected chi connectivity index (χ1v) is 9.42. The molecule has 0 N–H and O–H groups in total. The second-order valence-electron chi connectivity index (χ2n) is 6.47. The van der Waals surface area contributed by atoms with E-state index in [1.165, 1.54) is 63.7 Å². The molecule has 3 nitrogen and oxygen atoms in total. The zero-order valence-corrected chi connectivity index (χ0v) is 15.7. The molecular weight excluding hydrogens is 300 g/mol. The minimum atomic E-state index is 0.542. The summed E-state index contributed by atoms with van der Waals surface area (Å²) in [7, 11) is 0. The highest BCUT2D eigenvalue weighted by molar-refractivity contribution is 4.64. The van der Waals surface area contributed by atoms with Crippen molar-refractivity contribution >= 4 is 0 Å². The average Bonchev–Trinajstić information content (AvgIpc) is 2.58. The van der Waals surface area contributed by atoms with Crippen LogP contribution in [0.3, 0.4) is 0 Å². The molecule has 2 atom stereocenters. The molecule has 0 saturated carbocycles. The molecule has 0 heterocycles. The summed E-state index contributed by atoms with van der Waals surface area (Å²) in [4.78, 5) is 0. The fourth-order valence-corrected chi connectivity index (χ4v) is 2.85. The summed E-state index contributed by atoms with van der Waals surface area (Å²) in [6, 6.07) is 0. The Bertz CT molecular complexity index is 301. The first kappa shape index (κ1) is 22.6. The topological polar surface area (TPSA) is 27.7 Å². The lowest BCUT2D eigenvalue weighted by molar-refractivity contribution is 0.148. The van der Waals surface area contributed by atoms with Crippen LogP contribution in [-0.2, 0) is 14.2 Å².